The highest BCUT2D eigenvalue weighted by molar-refractivity contribution is 7.07. The first-order valence-electron chi connectivity index (χ1n) is 11.2. The van der Waals surface area contributed by atoms with E-state index in [0.29, 0.717) is 40.1 Å². The van der Waals surface area contributed by atoms with Crippen LogP contribution in [0.2, 0.25) is 0 Å². The molecule has 0 bridgehead atoms. The van der Waals surface area contributed by atoms with Crippen molar-refractivity contribution in [1.82, 2.24) is 9.47 Å². The summed E-state index contributed by atoms with van der Waals surface area (Å²) in [6.45, 7) is 6.98. The summed E-state index contributed by atoms with van der Waals surface area (Å²) >= 11 is 1.15. The van der Waals surface area contributed by atoms with Crippen molar-refractivity contribution < 1.29 is 9.59 Å². The summed E-state index contributed by atoms with van der Waals surface area (Å²) in [7, 11) is 0. The zero-order chi connectivity index (χ0) is 24.0. The number of carbonyl (C=O) groups is 2. The van der Waals surface area contributed by atoms with Crippen LogP contribution in [0.15, 0.2) is 35.3 Å². The Morgan fingerprint density at radius 1 is 1.24 bits per heavy atom. The fourth-order valence-electron chi connectivity index (χ4n) is 4.07. The first kappa shape index (κ1) is 24.5. The second-order valence-electron chi connectivity index (χ2n) is 8.23. The van der Waals surface area contributed by atoms with E-state index in [2.05, 4.69) is 35.1 Å². The van der Waals surface area contributed by atoms with Crippen LogP contribution in [0.25, 0.3) is 11.8 Å². The van der Waals surface area contributed by atoms with Gasteiger partial charge in [0, 0.05) is 42.3 Å². The summed E-state index contributed by atoms with van der Waals surface area (Å²) in [5.74, 6) is -0.637. The van der Waals surface area contributed by atoms with E-state index >= 15 is 0 Å². The van der Waals surface area contributed by atoms with E-state index in [4.69, 9.17) is 5.73 Å². The van der Waals surface area contributed by atoms with Gasteiger partial charge in [0.2, 0.25) is 11.8 Å². The summed E-state index contributed by atoms with van der Waals surface area (Å²) in [6, 6.07) is 8.17. The maximum Gasteiger partial charge on any atom is 0.277 e. The third-order valence-corrected chi connectivity index (χ3v) is 6.83. The number of anilines is 2. The van der Waals surface area contributed by atoms with Crippen molar-refractivity contribution >= 4 is 46.3 Å². The number of nitrogens with one attached hydrogen (secondary N) is 2. The van der Waals surface area contributed by atoms with Gasteiger partial charge >= 0.3 is 0 Å². The first-order valence-corrected chi connectivity index (χ1v) is 12.0. The lowest BCUT2D eigenvalue weighted by molar-refractivity contribution is -0.119. The number of likely N-dealkylation sites (tertiary alicyclic amines) is 1. The van der Waals surface area contributed by atoms with E-state index < -0.39 is 5.91 Å². The molecule has 2 atom stereocenters. The molecule has 8 nitrogen and oxygen atoms in total. The average molecular weight is 470 g/mol. The lowest BCUT2D eigenvalue weighted by Crippen LogP contribution is -2.47. The van der Waals surface area contributed by atoms with Gasteiger partial charge in [-0.3, -0.25) is 23.9 Å². The number of amides is 2. The summed E-state index contributed by atoms with van der Waals surface area (Å²) in [6.07, 6.45) is 6.23. The fraction of sp³-hybridized carbons (Fsp3) is 0.417. The molecule has 1 aliphatic heterocycles. The summed E-state index contributed by atoms with van der Waals surface area (Å²) < 4.78 is 2.34. The van der Waals surface area contributed by atoms with Gasteiger partial charge in [-0.15, -0.1) is 11.3 Å². The molecule has 4 N–H and O–H groups in total. The van der Waals surface area contributed by atoms with Crippen LogP contribution in [-0.2, 0) is 16.1 Å². The Bertz CT molecular complexity index is 1220. The zero-order valence-corrected chi connectivity index (χ0v) is 20.1. The monoisotopic (exact) mass is 469 g/mol. The lowest BCUT2D eigenvalue weighted by Gasteiger charge is -2.38. The van der Waals surface area contributed by atoms with Crippen LogP contribution in [0, 0.1) is 0 Å². The van der Waals surface area contributed by atoms with E-state index in [9.17, 15) is 14.4 Å². The Labute approximate surface area is 197 Å². The average Bonchev–Trinajstić information content (AvgIpc) is 3.04. The summed E-state index contributed by atoms with van der Waals surface area (Å²) in [4.78, 5) is 38.5. The molecule has 2 amide bonds. The van der Waals surface area contributed by atoms with Gasteiger partial charge in [-0.05, 0) is 51.8 Å². The third kappa shape index (κ3) is 6.44. The number of thiazole rings is 1. The molecule has 9 heteroatoms. The van der Waals surface area contributed by atoms with Gasteiger partial charge in [-0.25, -0.2) is 0 Å². The van der Waals surface area contributed by atoms with Crippen molar-refractivity contribution in [2.75, 3.05) is 17.2 Å². The van der Waals surface area contributed by atoms with Crippen LogP contribution in [0.5, 0.6) is 0 Å². The molecular formula is C24H31N5O3S. The van der Waals surface area contributed by atoms with Gasteiger partial charge in [0.05, 0.1) is 6.54 Å². The van der Waals surface area contributed by atoms with E-state index in [0.717, 1.165) is 29.9 Å². The molecule has 2 heterocycles. The number of benzene rings is 1. The van der Waals surface area contributed by atoms with E-state index in [1.165, 1.54) is 17.1 Å². The Hall–Kier alpha value is -3.13. The lowest BCUT2D eigenvalue weighted by atomic mass is 9.97. The molecule has 33 heavy (non-hydrogen) atoms. The molecule has 1 fully saturated rings. The number of rotatable bonds is 7. The topological polar surface area (TPSA) is 109 Å². The number of carbonyl (C=O) groups excluding carboxylic acids is 2. The number of nitrogens with zero attached hydrogens (tertiary/aromatic N) is 2. The standard InChI is InChI=1S/C24H31N5O3S/c1-4-28-23(14-21(25)30)33-20(24(28)32)11-12-26-18-9-6-10-19(13-18)27-22(31)15-29-16(2)7-5-8-17(29)3/h6,9-10,12-14,16-17,26H,4-5,7-8,15H2,1-3H3,(H2,25,30)(H,27,31)/b23-14-. The summed E-state index contributed by atoms with van der Waals surface area (Å²) in [5, 5.41) is 6.05. The Balaban J connectivity index is 1.71. The molecule has 2 aromatic rings. The van der Waals surface area contributed by atoms with Gasteiger partial charge in [-0.1, -0.05) is 18.2 Å². The molecule has 0 aliphatic carbocycles. The maximum absolute atomic E-state index is 12.6. The van der Waals surface area contributed by atoms with Crippen LogP contribution < -0.4 is 31.1 Å². The minimum absolute atomic E-state index is 0.0354. The number of piperidine rings is 1. The van der Waals surface area contributed by atoms with Gasteiger partial charge < -0.3 is 16.4 Å². The molecule has 1 saturated heterocycles. The minimum Gasteiger partial charge on any atom is -0.366 e. The second-order valence-corrected chi connectivity index (χ2v) is 9.26. The van der Waals surface area contributed by atoms with Gasteiger partial charge in [-0.2, -0.15) is 0 Å². The molecule has 2 unspecified atom stereocenters. The van der Waals surface area contributed by atoms with E-state index in [1.807, 2.05) is 31.2 Å². The van der Waals surface area contributed by atoms with Gasteiger partial charge in [0.25, 0.3) is 5.56 Å². The predicted molar refractivity (Wildman–Crippen MR) is 133 cm³/mol. The number of primary amides is 1. The van der Waals surface area contributed by atoms with Crippen molar-refractivity contribution in [2.45, 2.75) is 58.7 Å². The molecule has 3 rings (SSSR count). The van der Waals surface area contributed by atoms with Crippen LogP contribution in [0.4, 0.5) is 11.4 Å². The molecule has 1 aromatic heterocycles. The highest BCUT2D eigenvalue weighted by atomic mass is 32.1. The zero-order valence-electron chi connectivity index (χ0n) is 19.3. The summed E-state index contributed by atoms with van der Waals surface area (Å²) in [5.41, 5.74) is 9.37. The molecule has 1 aromatic carbocycles. The molecule has 0 radical (unpaired) electrons. The first-order chi connectivity index (χ1) is 15.8. The Morgan fingerprint density at radius 3 is 2.61 bits per heavy atom. The highest BCUT2D eigenvalue weighted by Gasteiger charge is 2.26. The normalized spacial score (nSPS) is 19.1. The van der Waals surface area contributed by atoms with Gasteiger partial charge in [0.15, 0.2) is 0 Å². The SMILES string of the molecule is CCn1c(=O)c(=C=CNc2cccc(NC(=O)CN3C(C)CCCC3C)c2)s/c1=C\C(N)=O. The highest BCUT2D eigenvalue weighted by Crippen LogP contribution is 2.22. The quantitative estimate of drug-likeness (QED) is 0.568. The largest absolute Gasteiger partial charge is 0.366 e. The van der Waals surface area contributed by atoms with Gasteiger partial charge in [0.1, 0.15) is 9.20 Å². The molecule has 1 aliphatic rings. The molecule has 0 spiro atoms. The molecule has 176 valence electrons. The second kappa shape index (κ2) is 11.1. The number of aromatic nitrogens is 1. The van der Waals surface area contributed by atoms with Crippen molar-refractivity contribution in [3.05, 3.63) is 50.0 Å². The maximum atomic E-state index is 12.6. The smallest absolute Gasteiger partial charge is 0.277 e. The van der Waals surface area contributed by atoms with Crippen LogP contribution in [0.1, 0.15) is 40.0 Å². The van der Waals surface area contributed by atoms with E-state index in [1.54, 1.807) is 6.20 Å². The van der Waals surface area contributed by atoms with Crippen molar-refractivity contribution in [2.24, 2.45) is 5.73 Å². The van der Waals surface area contributed by atoms with Crippen LogP contribution in [0.3, 0.4) is 0 Å². The third-order valence-electron chi connectivity index (χ3n) is 5.78. The number of hydrogen-bond acceptors (Lipinski definition) is 6. The number of nitrogens with two attached hydrogens (primary N) is 1. The molecule has 0 saturated carbocycles. The predicted octanol–water partition coefficient (Wildman–Crippen LogP) is 1.40. The Morgan fingerprint density at radius 2 is 1.94 bits per heavy atom. The fourth-order valence-corrected chi connectivity index (χ4v) is 5.09. The number of hydrogen-bond donors (Lipinski definition) is 3. The minimum atomic E-state index is -0.602. The van der Waals surface area contributed by atoms with Crippen molar-refractivity contribution in [3.8, 4) is 0 Å². The van der Waals surface area contributed by atoms with Crippen molar-refractivity contribution in [1.29, 1.82) is 0 Å². The molecular weight excluding hydrogens is 438 g/mol. The van der Waals surface area contributed by atoms with Crippen molar-refractivity contribution in [3.63, 3.8) is 0 Å². The van der Waals surface area contributed by atoms with Crippen LogP contribution >= 0.6 is 11.3 Å². The van der Waals surface area contributed by atoms with Crippen LogP contribution in [-0.4, -0.2) is 39.9 Å². The van der Waals surface area contributed by atoms with E-state index in [-0.39, 0.29) is 11.5 Å². The Kier molecular flexibility index (Phi) is 8.27.